The molecule has 0 amide bonds. The van der Waals surface area contributed by atoms with Crippen molar-refractivity contribution in [1.29, 1.82) is 0 Å². The minimum Gasteiger partial charge on any atom is -0.346 e. The number of benzene rings is 3. The van der Waals surface area contributed by atoms with Crippen molar-refractivity contribution in [3.8, 4) is 22.4 Å². The van der Waals surface area contributed by atoms with Gasteiger partial charge in [0.25, 0.3) is 0 Å². The third-order valence-corrected chi connectivity index (χ3v) is 5.74. The quantitative estimate of drug-likeness (QED) is 0.304. The van der Waals surface area contributed by atoms with Crippen molar-refractivity contribution in [2.75, 3.05) is 18.6 Å². The molecule has 1 fully saturated rings. The predicted molar refractivity (Wildman–Crippen MR) is 125 cm³/mol. The lowest BCUT2D eigenvalue weighted by atomic mass is 10.0. The normalized spacial score (nSPS) is 14.3. The van der Waals surface area contributed by atoms with Crippen LogP contribution in [0.25, 0.3) is 22.4 Å². The fraction of sp³-hybridized carbons (Fsp3) is 0.120. The maximum atomic E-state index is 5.55. The fourth-order valence-electron chi connectivity index (χ4n) is 3.37. The summed E-state index contributed by atoms with van der Waals surface area (Å²) >= 11 is 1.54. The summed E-state index contributed by atoms with van der Waals surface area (Å²) in [6.07, 6.45) is 1.56. The average Bonchev–Trinajstić information content (AvgIpc) is 3.53. The lowest BCUT2D eigenvalue weighted by Crippen LogP contribution is -1.97. The number of ether oxygens (including phenoxy) is 2. The summed E-state index contributed by atoms with van der Waals surface area (Å²) < 4.78 is 11.1. The van der Waals surface area contributed by atoms with Crippen molar-refractivity contribution in [3.63, 3.8) is 0 Å². The third-order valence-electron chi connectivity index (χ3n) is 5.00. The predicted octanol–water partition coefficient (Wildman–Crippen LogP) is 5.97. The van der Waals surface area contributed by atoms with Crippen molar-refractivity contribution in [1.82, 2.24) is 4.98 Å². The van der Waals surface area contributed by atoms with E-state index < -0.39 is 0 Å². The molecule has 1 aromatic heterocycles. The number of hydrogen-bond acceptors (Lipinski definition) is 6. The minimum atomic E-state index is -0.234. The molecule has 0 aliphatic carbocycles. The summed E-state index contributed by atoms with van der Waals surface area (Å²) in [5, 5.41) is 7.11. The SMILES string of the molecule is C(=NNc1nc(-c2ccccc2)cs1)c1ccc(-c2ccc(C3OCCO3)cc2)cc1. The Balaban J connectivity index is 1.20. The first-order chi connectivity index (χ1) is 15.3. The van der Waals surface area contributed by atoms with Crippen LogP contribution in [-0.2, 0) is 9.47 Å². The number of rotatable bonds is 6. The molecule has 31 heavy (non-hydrogen) atoms. The van der Waals surface area contributed by atoms with Crippen molar-refractivity contribution in [2.45, 2.75) is 6.29 Å². The number of hydrogen-bond donors (Lipinski definition) is 1. The van der Waals surface area contributed by atoms with Crippen LogP contribution in [0.3, 0.4) is 0 Å². The lowest BCUT2D eigenvalue weighted by Gasteiger charge is -2.10. The molecule has 6 heteroatoms. The first kappa shape index (κ1) is 19.6. The molecule has 3 aromatic carbocycles. The van der Waals surface area contributed by atoms with Gasteiger partial charge < -0.3 is 9.47 Å². The Morgan fingerprint density at radius 2 is 1.52 bits per heavy atom. The second kappa shape index (κ2) is 9.22. The second-order valence-electron chi connectivity index (χ2n) is 7.09. The van der Waals surface area contributed by atoms with Crippen LogP contribution in [-0.4, -0.2) is 24.4 Å². The Kier molecular flexibility index (Phi) is 5.84. The number of hydrazone groups is 1. The highest BCUT2D eigenvalue weighted by Crippen LogP contribution is 2.27. The van der Waals surface area contributed by atoms with Crippen LogP contribution in [0.15, 0.2) is 89.3 Å². The van der Waals surface area contributed by atoms with Gasteiger partial charge in [0.05, 0.1) is 25.1 Å². The number of nitrogens with zero attached hydrogens (tertiary/aromatic N) is 2. The van der Waals surface area contributed by atoms with E-state index in [4.69, 9.17) is 9.47 Å². The minimum absolute atomic E-state index is 0.234. The van der Waals surface area contributed by atoms with Gasteiger partial charge in [0, 0.05) is 16.5 Å². The van der Waals surface area contributed by atoms with E-state index in [9.17, 15) is 0 Å². The van der Waals surface area contributed by atoms with Crippen molar-refractivity contribution in [2.24, 2.45) is 5.10 Å². The van der Waals surface area contributed by atoms with E-state index in [0.717, 1.165) is 38.6 Å². The van der Waals surface area contributed by atoms with Crippen LogP contribution >= 0.6 is 11.3 Å². The van der Waals surface area contributed by atoms with Crippen LogP contribution < -0.4 is 5.43 Å². The summed E-state index contributed by atoms with van der Waals surface area (Å²) in [6, 6.07) is 26.7. The van der Waals surface area contributed by atoms with E-state index in [1.807, 2.05) is 35.7 Å². The number of thiazole rings is 1. The van der Waals surface area contributed by atoms with E-state index >= 15 is 0 Å². The monoisotopic (exact) mass is 427 g/mol. The largest absolute Gasteiger partial charge is 0.346 e. The summed E-state index contributed by atoms with van der Waals surface area (Å²) in [5.41, 5.74) is 9.43. The molecule has 5 rings (SSSR count). The summed E-state index contributed by atoms with van der Waals surface area (Å²) in [5.74, 6) is 0. The molecule has 0 atom stereocenters. The van der Waals surface area contributed by atoms with Crippen LogP contribution in [0.1, 0.15) is 17.4 Å². The Morgan fingerprint density at radius 3 is 2.23 bits per heavy atom. The molecule has 0 unspecified atom stereocenters. The highest BCUT2D eigenvalue weighted by atomic mass is 32.1. The first-order valence-electron chi connectivity index (χ1n) is 10.1. The standard InChI is InChI=1S/C25H21N3O2S/c1-2-4-21(5-3-1)23-17-31-25(27-23)28-26-16-18-6-8-19(9-7-18)20-10-12-22(13-11-20)24-29-14-15-30-24/h1-13,16-17,24H,14-15H2,(H,27,28). The Hall–Kier alpha value is -3.32. The molecule has 0 bridgehead atoms. The summed E-state index contributed by atoms with van der Waals surface area (Å²) in [7, 11) is 0. The van der Waals surface area contributed by atoms with Gasteiger partial charge in [0.1, 0.15) is 0 Å². The average molecular weight is 428 g/mol. The lowest BCUT2D eigenvalue weighted by molar-refractivity contribution is -0.0441. The first-order valence-corrected chi connectivity index (χ1v) is 11.0. The van der Waals surface area contributed by atoms with Gasteiger partial charge >= 0.3 is 0 Å². The van der Waals surface area contributed by atoms with Crippen LogP contribution in [0.5, 0.6) is 0 Å². The van der Waals surface area contributed by atoms with Crippen LogP contribution in [0.2, 0.25) is 0 Å². The molecule has 154 valence electrons. The van der Waals surface area contributed by atoms with Gasteiger partial charge in [-0.2, -0.15) is 5.10 Å². The van der Waals surface area contributed by atoms with E-state index in [2.05, 4.69) is 64.0 Å². The zero-order valence-electron chi connectivity index (χ0n) is 16.8. The highest BCUT2D eigenvalue weighted by molar-refractivity contribution is 7.14. The van der Waals surface area contributed by atoms with Gasteiger partial charge in [-0.15, -0.1) is 11.3 Å². The second-order valence-corrected chi connectivity index (χ2v) is 7.95. The Bertz CT molecular complexity index is 1150. The zero-order valence-corrected chi connectivity index (χ0v) is 17.6. The van der Waals surface area contributed by atoms with E-state index in [0.29, 0.717) is 13.2 Å². The number of anilines is 1. The number of aromatic nitrogens is 1. The van der Waals surface area contributed by atoms with Crippen LogP contribution in [0, 0.1) is 0 Å². The molecule has 1 N–H and O–H groups in total. The molecule has 4 aromatic rings. The zero-order chi connectivity index (χ0) is 20.9. The van der Waals surface area contributed by atoms with Gasteiger partial charge in [-0.1, -0.05) is 78.9 Å². The van der Waals surface area contributed by atoms with Gasteiger partial charge in [0.15, 0.2) is 6.29 Å². The topological polar surface area (TPSA) is 55.7 Å². The molecule has 0 radical (unpaired) electrons. The molecule has 0 spiro atoms. The summed E-state index contributed by atoms with van der Waals surface area (Å²) in [4.78, 5) is 4.58. The van der Waals surface area contributed by atoms with Crippen molar-refractivity contribution < 1.29 is 9.47 Å². The molecule has 1 aliphatic rings. The molecule has 5 nitrogen and oxygen atoms in total. The van der Waals surface area contributed by atoms with Gasteiger partial charge in [-0.05, 0) is 16.7 Å². The van der Waals surface area contributed by atoms with Crippen molar-refractivity contribution >= 4 is 22.7 Å². The maximum absolute atomic E-state index is 5.55. The molecule has 0 saturated carbocycles. The Morgan fingerprint density at radius 1 is 0.839 bits per heavy atom. The molecular weight excluding hydrogens is 406 g/mol. The van der Waals surface area contributed by atoms with Crippen LogP contribution in [0.4, 0.5) is 5.13 Å². The third kappa shape index (κ3) is 4.72. The Labute approximate surface area is 185 Å². The summed E-state index contributed by atoms with van der Waals surface area (Å²) in [6.45, 7) is 1.31. The van der Waals surface area contributed by atoms with E-state index in [1.54, 1.807) is 6.21 Å². The maximum Gasteiger partial charge on any atom is 0.203 e. The van der Waals surface area contributed by atoms with Gasteiger partial charge in [0.2, 0.25) is 5.13 Å². The fourth-order valence-corrected chi connectivity index (χ4v) is 4.04. The molecule has 2 heterocycles. The van der Waals surface area contributed by atoms with E-state index in [-0.39, 0.29) is 6.29 Å². The number of nitrogens with one attached hydrogen (secondary N) is 1. The van der Waals surface area contributed by atoms with Gasteiger partial charge in [-0.25, -0.2) is 4.98 Å². The molecule has 1 aliphatic heterocycles. The van der Waals surface area contributed by atoms with Gasteiger partial charge in [-0.3, -0.25) is 5.43 Å². The smallest absolute Gasteiger partial charge is 0.203 e. The highest BCUT2D eigenvalue weighted by Gasteiger charge is 2.17. The van der Waals surface area contributed by atoms with E-state index in [1.165, 1.54) is 11.3 Å². The molecular formula is C25H21N3O2S. The van der Waals surface area contributed by atoms with Crippen molar-refractivity contribution in [3.05, 3.63) is 95.4 Å². The molecule has 1 saturated heterocycles.